The normalized spacial score (nSPS) is 23.5. The van der Waals surface area contributed by atoms with E-state index in [1.807, 2.05) is 0 Å². The van der Waals surface area contributed by atoms with E-state index < -0.39 is 5.97 Å². The molecule has 0 aliphatic heterocycles. The van der Waals surface area contributed by atoms with E-state index in [-0.39, 0.29) is 17.6 Å². The van der Waals surface area contributed by atoms with Gasteiger partial charge < -0.3 is 14.9 Å². The minimum Gasteiger partial charge on any atom is -0.508 e. The summed E-state index contributed by atoms with van der Waals surface area (Å²) in [5.41, 5.74) is 0.697. The standard InChI is InChI=1S/C11H12O4/c1-15-6-2-3-7(10(12)4-6)8-5-9(8)11(13)14/h2-4,8-9,12H,5H2,1H3,(H,13,14)/t8-,9+/m0/s1. The highest BCUT2D eigenvalue weighted by Gasteiger charge is 2.45. The highest BCUT2D eigenvalue weighted by Crippen LogP contribution is 2.50. The number of benzene rings is 1. The van der Waals surface area contributed by atoms with Gasteiger partial charge in [0.1, 0.15) is 11.5 Å². The van der Waals surface area contributed by atoms with Crippen LogP contribution in [0.3, 0.4) is 0 Å². The average Bonchev–Trinajstić information content (AvgIpc) is 2.97. The Morgan fingerprint density at radius 1 is 1.53 bits per heavy atom. The van der Waals surface area contributed by atoms with Gasteiger partial charge in [0.05, 0.1) is 13.0 Å². The number of hydrogen-bond donors (Lipinski definition) is 2. The van der Waals surface area contributed by atoms with Crippen molar-refractivity contribution in [1.29, 1.82) is 0 Å². The molecule has 4 heteroatoms. The third-order valence-corrected chi connectivity index (χ3v) is 2.74. The quantitative estimate of drug-likeness (QED) is 0.791. The van der Waals surface area contributed by atoms with Crippen LogP contribution in [0.5, 0.6) is 11.5 Å². The van der Waals surface area contributed by atoms with Crippen LogP contribution in [0.4, 0.5) is 0 Å². The second-order valence-electron chi connectivity index (χ2n) is 3.71. The van der Waals surface area contributed by atoms with Gasteiger partial charge in [-0.15, -0.1) is 0 Å². The van der Waals surface area contributed by atoms with Gasteiger partial charge in [0, 0.05) is 12.0 Å². The van der Waals surface area contributed by atoms with E-state index in [0.29, 0.717) is 17.7 Å². The molecule has 2 N–H and O–H groups in total. The maximum absolute atomic E-state index is 10.7. The fraction of sp³-hybridized carbons (Fsp3) is 0.364. The molecule has 15 heavy (non-hydrogen) atoms. The molecule has 1 aliphatic carbocycles. The maximum Gasteiger partial charge on any atom is 0.307 e. The Hall–Kier alpha value is -1.71. The number of aliphatic carboxylic acids is 1. The number of phenols is 1. The SMILES string of the molecule is COc1ccc([C@@H]2C[C@H]2C(=O)O)c(O)c1. The van der Waals surface area contributed by atoms with Crippen LogP contribution in [0.25, 0.3) is 0 Å². The summed E-state index contributed by atoms with van der Waals surface area (Å²) in [4.78, 5) is 10.7. The summed E-state index contributed by atoms with van der Waals surface area (Å²) in [7, 11) is 1.52. The first-order valence-electron chi connectivity index (χ1n) is 4.73. The number of hydrogen-bond acceptors (Lipinski definition) is 3. The van der Waals surface area contributed by atoms with Crippen LogP contribution >= 0.6 is 0 Å². The first-order chi connectivity index (χ1) is 7.13. The second-order valence-corrected chi connectivity index (χ2v) is 3.71. The lowest BCUT2D eigenvalue weighted by molar-refractivity contribution is -0.138. The number of phenolic OH excluding ortho intramolecular Hbond substituents is 1. The zero-order valence-electron chi connectivity index (χ0n) is 8.30. The van der Waals surface area contributed by atoms with Crippen molar-refractivity contribution in [3.8, 4) is 11.5 Å². The molecule has 2 rings (SSSR count). The predicted octanol–water partition coefficient (Wildman–Crippen LogP) is 1.59. The van der Waals surface area contributed by atoms with E-state index in [1.165, 1.54) is 13.2 Å². The smallest absolute Gasteiger partial charge is 0.307 e. The van der Waals surface area contributed by atoms with E-state index in [9.17, 15) is 9.90 Å². The number of aromatic hydroxyl groups is 1. The van der Waals surface area contributed by atoms with Gasteiger partial charge >= 0.3 is 5.97 Å². The van der Waals surface area contributed by atoms with Gasteiger partial charge in [0.15, 0.2) is 0 Å². The summed E-state index contributed by atoms with van der Waals surface area (Å²) in [5, 5.41) is 18.4. The van der Waals surface area contributed by atoms with Crippen LogP contribution in [0.2, 0.25) is 0 Å². The van der Waals surface area contributed by atoms with E-state index in [2.05, 4.69) is 0 Å². The van der Waals surface area contributed by atoms with Crippen molar-refractivity contribution in [2.45, 2.75) is 12.3 Å². The van der Waals surface area contributed by atoms with Crippen LogP contribution in [-0.4, -0.2) is 23.3 Å². The van der Waals surface area contributed by atoms with Gasteiger partial charge in [0.25, 0.3) is 0 Å². The molecule has 0 bridgehead atoms. The van der Waals surface area contributed by atoms with Gasteiger partial charge in [-0.3, -0.25) is 4.79 Å². The minimum absolute atomic E-state index is 0.0478. The molecule has 1 aliphatic rings. The van der Waals surface area contributed by atoms with Crippen LogP contribution in [-0.2, 0) is 4.79 Å². The average molecular weight is 208 g/mol. The Kier molecular flexibility index (Phi) is 2.26. The largest absolute Gasteiger partial charge is 0.508 e. The van der Waals surface area contributed by atoms with Crippen molar-refractivity contribution in [1.82, 2.24) is 0 Å². The summed E-state index contributed by atoms with van der Waals surface area (Å²) in [6, 6.07) is 4.96. The molecule has 1 aromatic rings. The van der Waals surface area contributed by atoms with Gasteiger partial charge in [-0.2, -0.15) is 0 Å². The van der Waals surface area contributed by atoms with E-state index in [1.54, 1.807) is 12.1 Å². The molecule has 0 heterocycles. The molecular weight excluding hydrogens is 196 g/mol. The van der Waals surface area contributed by atoms with Crippen molar-refractivity contribution in [3.63, 3.8) is 0 Å². The molecule has 0 aromatic heterocycles. The molecule has 0 amide bonds. The summed E-state index contributed by atoms with van der Waals surface area (Å²) in [6.07, 6.45) is 0.606. The Balaban J connectivity index is 2.21. The molecule has 0 unspecified atom stereocenters. The molecule has 80 valence electrons. The van der Waals surface area contributed by atoms with E-state index >= 15 is 0 Å². The molecular formula is C11H12O4. The van der Waals surface area contributed by atoms with Crippen LogP contribution < -0.4 is 4.74 Å². The number of methoxy groups -OCH3 is 1. The molecule has 2 atom stereocenters. The Morgan fingerprint density at radius 3 is 2.73 bits per heavy atom. The second kappa shape index (κ2) is 3.46. The van der Waals surface area contributed by atoms with Crippen molar-refractivity contribution >= 4 is 5.97 Å². The maximum atomic E-state index is 10.7. The number of ether oxygens (including phenoxy) is 1. The van der Waals surface area contributed by atoms with Crippen molar-refractivity contribution in [2.24, 2.45) is 5.92 Å². The molecule has 0 radical (unpaired) electrons. The summed E-state index contributed by atoms with van der Waals surface area (Å²) in [6.45, 7) is 0. The highest BCUT2D eigenvalue weighted by molar-refractivity contribution is 5.75. The number of carboxylic acids is 1. The van der Waals surface area contributed by atoms with Gasteiger partial charge in [-0.1, -0.05) is 6.07 Å². The van der Waals surface area contributed by atoms with Crippen LogP contribution in [0.15, 0.2) is 18.2 Å². The van der Waals surface area contributed by atoms with Crippen molar-refractivity contribution < 1.29 is 19.7 Å². The lowest BCUT2D eigenvalue weighted by Crippen LogP contribution is -1.99. The van der Waals surface area contributed by atoms with Crippen molar-refractivity contribution in [3.05, 3.63) is 23.8 Å². The molecule has 1 fully saturated rings. The Labute approximate surface area is 87.1 Å². The van der Waals surface area contributed by atoms with Gasteiger partial charge in [-0.05, 0) is 18.1 Å². The lowest BCUT2D eigenvalue weighted by atomic mass is 10.1. The predicted molar refractivity (Wildman–Crippen MR) is 53.1 cm³/mol. The third kappa shape index (κ3) is 1.75. The molecule has 0 spiro atoms. The van der Waals surface area contributed by atoms with E-state index in [0.717, 1.165) is 0 Å². The first-order valence-corrected chi connectivity index (χ1v) is 4.73. The number of carbonyl (C=O) groups is 1. The monoisotopic (exact) mass is 208 g/mol. The Morgan fingerprint density at radius 2 is 2.27 bits per heavy atom. The topological polar surface area (TPSA) is 66.8 Å². The van der Waals surface area contributed by atoms with Gasteiger partial charge in [0.2, 0.25) is 0 Å². The third-order valence-electron chi connectivity index (χ3n) is 2.74. The summed E-state index contributed by atoms with van der Waals surface area (Å²) in [5.74, 6) is -0.500. The van der Waals surface area contributed by atoms with E-state index in [4.69, 9.17) is 9.84 Å². The number of rotatable bonds is 3. The molecule has 4 nitrogen and oxygen atoms in total. The minimum atomic E-state index is -0.796. The molecule has 0 saturated heterocycles. The number of carboxylic acid groups (broad SMARTS) is 1. The molecule has 1 saturated carbocycles. The summed E-state index contributed by atoms with van der Waals surface area (Å²) >= 11 is 0. The fourth-order valence-corrected chi connectivity index (χ4v) is 1.78. The first kappa shape index (κ1) is 9.83. The lowest BCUT2D eigenvalue weighted by Gasteiger charge is -2.05. The zero-order valence-corrected chi connectivity index (χ0v) is 8.30. The Bertz CT molecular complexity index is 400. The zero-order chi connectivity index (χ0) is 11.0. The fourth-order valence-electron chi connectivity index (χ4n) is 1.78. The van der Waals surface area contributed by atoms with Crippen molar-refractivity contribution in [2.75, 3.05) is 7.11 Å². The van der Waals surface area contributed by atoms with Crippen LogP contribution in [0, 0.1) is 5.92 Å². The highest BCUT2D eigenvalue weighted by atomic mass is 16.5. The van der Waals surface area contributed by atoms with Gasteiger partial charge in [-0.25, -0.2) is 0 Å². The summed E-state index contributed by atoms with van der Waals surface area (Å²) < 4.78 is 4.95. The molecule has 1 aromatic carbocycles. The van der Waals surface area contributed by atoms with Crippen LogP contribution in [0.1, 0.15) is 17.9 Å².